The molecular weight excluding hydrogens is 331 g/mol. The quantitative estimate of drug-likeness (QED) is 0.661. The van der Waals surface area contributed by atoms with Crippen molar-refractivity contribution in [2.24, 2.45) is 5.41 Å². The van der Waals surface area contributed by atoms with Gasteiger partial charge in [0.25, 0.3) is 0 Å². The second kappa shape index (κ2) is 5.77. The van der Waals surface area contributed by atoms with Gasteiger partial charge >= 0.3 is 137 Å². The Morgan fingerprint density at radius 3 is 2.57 bits per heavy atom. The Kier molecular flexibility index (Phi) is 4.15. The molecule has 2 aliphatic rings. The second-order valence-corrected chi connectivity index (χ2v) is 14.5. The molecule has 21 heavy (non-hydrogen) atoms. The molecule has 1 aromatic carbocycles. The predicted molar refractivity (Wildman–Crippen MR) is 90.2 cm³/mol. The van der Waals surface area contributed by atoms with E-state index in [1.54, 1.807) is 12.1 Å². The van der Waals surface area contributed by atoms with E-state index < -0.39 is 21.3 Å². The zero-order valence-electron chi connectivity index (χ0n) is 13.5. The molecule has 1 unspecified atom stereocenters. The van der Waals surface area contributed by atoms with Gasteiger partial charge in [0.1, 0.15) is 0 Å². The molecule has 0 radical (unpaired) electrons. The first kappa shape index (κ1) is 15.1. The molecule has 1 atom stereocenters. The summed E-state index contributed by atoms with van der Waals surface area (Å²) in [6.45, 7) is 9.37. The fourth-order valence-electron chi connectivity index (χ4n) is 3.30. The second-order valence-electron chi connectivity index (χ2n) is 7.06. The molecule has 2 aliphatic carbocycles. The van der Waals surface area contributed by atoms with Gasteiger partial charge in [-0.25, -0.2) is 0 Å². The third kappa shape index (κ3) is 3.04. The van der Waals surface area contributed by atoms with Crippen molar-refractivity contribution >= 4 is 9.28 Å². The topological polar surface area (TPSA) is 0 Å². The molecule has 0 fully saturated rings. The zero-order valence-corrected chi connectivity index (χ0v) is 15.9. The number of hydrogen-bond acceptors (Lipinski definition) is 0. The third-order valence-electron chi connectivity index (χ3n) is 4.52. The van der Waals surface area contributed by atoms with Gasteiger partial charge in [0.05, 0.1) is 0 Å². The van der Waals surface area contributed by atoms with Crippen LogP contribution in [-0.4, -0.2) is 3.21 Å². The monoisotopic (exact) mass is 354 g/mol. The van der Waals surface area contributed by atoms with Crippen molar-refractivity contribution in [3.63, 3.8) is 0 Å². The molecule has 1 aromatic rings. The first-order valence-electron chi connectivity index (χ1n) is 7.82. The van der Waals surface area contributed by atoms with Gasteiger partial charge in [-0.15, -0.1) is 0 Å². The molecule has 1 heteroatoms. The van der Waals surface area contributed by atoms with Gasteiger partial charge in [-0.05, 0) is 0 Å². The van der Waals surface area contributed by atoms with Crippen molar-refractivity contribution < 1.29 is 21.3 Å². The summed E-state index contributed by atoms with van der Waals surface area (Å²) in [5.74, 6) is 0. The summed E-state index contributed by atoms with van der Waals surface area (Å²) < 4.78 is 4.06. The van der Waals surface area contributed by atoms with Crippen molar-refractivity contribution in [1.82, 2.24) is 0 Å². The van der Waals surface area contributed by atoms with E-state index in [1.165, 1.54) is 12.0 Å². The number of hydrogen-bond donors (Lipinski definition) is 0. The maximum absolute atomic E-state index is 2.54. The Balaban J connectivity index is 2.00. The van der Waals surface area contributed by atoms with Crippen LogP contribution in [0.2, 0.25) is 0 Å². The van der Waals surface area contributed by atoms with E-state index in [-0.39, 0.29) is 0 Å². The van der Waals surface area contributed by atoms with Gasteiger partial charge < -0.3 is 0 Å². The predicted octanol–water partition coefficient (Wildman–Crippen LogP) is 5.45. The van der Waals surface area contributed by atoms with Gasteiger partial charge in [0.2, 0.25) is 0 Å². The average molecular weight is 356 g/mol. The molecule has 0 aromatic heterocycles. The van der Waals surface area contributed by atoms with Crippen LogP contribution < -0.4 is 0 Å². The fourth-order valence-corrected chi connectivity index (χ4v) is 10.7. The van der Waals surface area contributed by atoms with Crippen LogP contribution >= 0.6 is 0 Å². The Morgan fingerprint density at radius 1 is 1.14 bits per heavy atom. The third-order valence-corrected chi connectivity index (χ3v) is 12.4. The van der Waals surface area contributed by atoms with Crippen LogP contribution in [0.25, 0.3) is 6.08 Å². The first-order chi connectivity index (χ1) is 9.98. The molecule has 0 spiro atoms. The number of benzene rings is 1. The number of fused-ring (bicyclic) bond motifs is 1. The van der Waals surface area contributed by atoms with Gasteiger partial charge in [-0.1, -0.05) is 0 Å². The van der Waals surface area contributed by atoms with Crippen LogP contribution in [0.1, 0.15) is 48.9 Å². The fraction of sp³-hybridized carbons (Fsp3) is 0.350. The molecule has 0 saturated carbocycles. The molecule has 0 heterocycles. The molecular formula is C20H24Zr. The minimum absolute atomic E-state index is 0.336. The maximum atomic E-state index is 2.54. The Bertz CT molecular complexity index is 680. The van der Waals surface area contributed by atoms with Crippen LogP contribution in [-0.2, 0) is 21.3 Å². The Morgan fingerprint density at radius 2 is 1.90 bits per heavy atom. The van der Waals surface area contributed by atoms with E-state index >= 15 is 0 Å². The summed E-state index contributed by atoms with van der Waals surface area (Å²) in [7, 11) is 0. The first-order valence-corrected chi connectivity index (χ1v) is 11.7. The summed E-state index contributed by atoms with van der Waals surface area (Å²) in [5, 5.41) is 0. The molecule has 0 nitrogen and oxygen atoms in total. The summed E-state index contributed by atoms with van der Waals surface area (Å²) in [4.78, 5) is 0. The molecule has 0 N–H and O–H groups in total. The molecule has 0 aliphatic heterocycles. The number of allylic oxidation sites excluding steroid dienone is 5. The number of rotatable bonds is 2. The van der Waals surface area contributed by atoms with Crippen molar-refractivity contribution in [3.8, 4) is 0 Å². The summed E-state index contributed by atoms with van der Waals surface area (Å²) in [6.07, 6.45) is 13.4. The van der Waals surface area contributed by atoms with E-state index in [0.717, 1.165) is 0 Å². The van der Waals surface area contributed by atoms with Gasteiger partial charge in [0, 0.05) is 0 Å². The van der Waals surface area contributed by atoms with Crippen LogP contribution in [0.5, 0.6) is 0 Å². The molecule has 108 valence electrons. The van der Waals surface area contributed by atoms with Crippen molar-refractivity contribution in [1.29, 1.82) is 0 Å². The van der Waals surface area contributed by atoms with Crippen LogP contribution in [0.3, 0.4) is 0 Å². The normalized spacial score (nSPS) is 21.9. The standard InChI is InChI=1S/C9H7.C8H11.C3H6.Zr/c1-2-5-9-7-3-6-8(9)4-1;1-8(2)6-4-3-5-7-8;1-3-2;/h1-7H;4-6H,7H2,1-2H3;1-2H3;. The van der Waals surface area contributed by atoms with Crippen molar-refractivity contribution in [3.05, 3.63) is 63.0 Å². The molecule has 0 amide bonds. The van der Waals surface area contributed by atoms with Crippen LogP contribution in [0, 0.1) is 5.41 Å². The summed E-state index contributed by atoms with van der Waals surface area (Å²) in [6, 6.07) is 8.94. The zero-order chi connectivity index (χ0) is 15.0. The summed E-state index contributed by atoms with van der Waals surface area (Å²) in [5.41, 5.74) is 3.33. The van der Waals surface area contributed by atoms with Crippen LogP contribution in [0.15, 0.2) is 51.9 Å². The van der Waals surface area contributed by atoms with Crippen LogP contribution in [0.4, 0.5) is 0 Å². The van der Waals surface area contributed by atoms with Crippen molar-refractivity contribution in [2.75, 3.05) is 0 Å². The molecule has 0 bridgehead atoms. The average Bonchev–Trinajstić information content (AvgIpc) is 2.85. The van der Waals surface area contributed by atoms with Gasteiger partial charge in [-0.3, -0.25) is 0 Å². The van der Waals surface area contributed by atoms with E-state index in [0.29, 0.717) is 9.04 Å². The van der Waals surface area contributed by atoms with Gasteiger partial charge in [0.15, 0.2) is 0 Å². The van der Waals surface area contributed by atoms with Crippen molar-refractivity contribution in [2.45, 2.75) is 37.7 Å². The molecule has 0 saturated heterocycles. The Labute approximate surface area is 136 Å². The molecule has 3 rings (SSSR count). The van der Waals surface area contributed by atoms with E-state index in [9.17, 15) is 0 Å². The SMILES string of the molecule is C[C](C)=[Zr]([C]1=CCC(C)(C)C=C1)[CH]1C=Cc2ccccc21. The van der Waals surface area contributed by atoms with Gasteiger partial charge in [-0.2, -0.15) is 0 Å². The summed E-state index contributed by atoms with van der Waals surface area (Å²) >= 11 is -1.81. The van der Waals surface area contributed by atoms with E-state index in [4.69, 9.17) is 0 Å². The van der Waals surface area contributed by atoms with E-state index in [1.807, 2.05) is 0 Å². The Hall–Kier alpha value is -0.807. The van der Waals surface area contributed by atoms with E-state index in [2.05, 4.69) is 82.3 Å². The minimum atomic E-state index is -1.81.